The van der Waals surface area contributed by atoms with E-state index in [1.807, 2.05) is 19.1 Å². The summed E-state index contributed by atoms with van der Waals surface area (Å²) >= 11 is 12.1. The van der Waals surface area contributed by atoms with E-state index in [0.717, 1.165) is 16.0 Å². The molecular weight excluding hydrogens is 503 g/mol. The number of halogens is 2. The molecule has 4 rings (SSSR count). The summed E-state index contributed by atoms with van der Waals surface area (Å²) in [7, 11) is 1.52. The van der Waals surface area contributed by atoms with Crippen molar-refractivity contribution >= 4 is 52.8 Å². The number of anilines is 1. The third kappa shape index (κ3) is 5.22. The zero-order chi connectivity index (χ0) is 26.0. The molecule has 184 valence electrons. The van der Waals surface area contributed by atoms with Crippen LogP contribution in [0.2, 0.25) is 10.0 Å². The van der Waals surface area contributed by atoms with Crippen molar-refractivity contribution in [1.29, 1.82) is 0 Å². The molecule has 1 aliphatic rings. The Bertz CT molecular complexity index is 1420. The third-order valence-electron chi connectivity index (χ3n) is 5.61. The van der Waals surface area contributed by atoms with E-state index in [9.17, 15) is 14.4 Å². The van der Waals surface area contributed by atoms with E-state index >= 15 is 0 Å². The fourth-order valence-electron chi connectivity index (χ4n) is 3.67. The van der Waals surface area contributed by atoms with Crippen LogP contribution in [-0.4, -0.2) is 25.0 Å². The molecule has 0 radical (unpaired) electrons. The SMILES string of the molecule is COc1ccc(/C=C2\C(=O)NC(=O)N(c3cc(C)ccc3C)C2=O)c(OCc2ccc(Cl)c(Cl)c2)c1. The number of aryl methyl sites for hydroxylation is 2. The molecular formula is C27H22Cl2N2O5. The molecule has 0 unspecified atom stereocenters. The summed E-state index contributed by atoms with van der Waals surface area (Å²) < 4.78 is 11.3. The second-order valence-corrected chi connectivity index (χ2v) is 9.00. The normalized spacial score (nSPS) is 14.8. The van der Waals surface area contributed by atoms with Gasteiger partial charge in [-0.05, 0) is 66.9 Å². The van der Waals surface area contributed by atoms with Gasteiger partial charge in [0.05, 0.1) is 22.8 Å². The molecule has 1 N–H and O–H groups in total. The van der Waals surface area contributed by atoms with E-state index < -0.39 is 17.8 Å². The molecule has 0 saturated carbocycles. The first-order valence-corrected chi connectivity index (χ1v) is 11.7. The molecule has 3 aromatic carbocycles. The zero-order valence-corrected chi connectivity index (χ0v) is 21.2. The summed E-state index contributed by atoms with van der Waals surface area (Å²) in [5.74, 6) is -0.641. The smallest absolute Gasteiger partial charge is 0.335 e. The number of barbiturate groups is 1. The van der Waals surface area contributed by atoms with E-state index in [1.165, 1.54) is 13.2 Å². The summed E-state index contributed by atoms with van der Waals surface area (Å²) in [5.41, 5.74) is 3.00. The average Bonchev–Trinajstić information content (AvgIpc) is 2.84. The molecule has 0 spiro atoms. The fourth-order valence-corrected chi connectivity index (χ4v) is 3.99. The van der Waals surface area contributed by atoms with Crippen LogP contribution in [0.25, 0.3) is 6.08 Å². The third-order valence-corrected chi connectivity index (χ3v) is 6.35. The van der Waals surface area contributed by atoms with Crippen molar-refractivity contribution in [2.45, 2.75) is 20.5 Å². The fraction of sp³-hybridized carbons (Fsp3) is 0.148. The van der Waals surface area contributed by atoms with Crippen molar-refractivity contribution < 1.29 is 23.9 Å². The van der Waals surface area contributed by atoms with Crippen LogP contribution in [0.3, 0.4) is 0 Å². The summed E-state index contributed by atoms with van der Waals surface area (Å²) in [6.45, 7) is 3.78. The lowest BCUT2D eigenvalue weighted by Gasteiger charge is -2.28. The molecule has 0 aromatic heterocycles. The number of hydrogen-bond acceptors (Lipinski definition) is 5. The van der Waals surface area contributed by atoms with Gasteiger partial charge in [0, 0.05) is 11.6 Å². The molecule has 36 heavy (non-hydrogen) atoms. The number of imide groups is 2. The van der Waals surface area contributed by atoms with E-state index in [0.29, 0.717) is 38.4 Å². The van der Waals surface area contributed by atoms with Crippen LogP contribution in [0.5, 0.6) is 11.5 Å². The van der Waals surface area contributed by atoms with Crippen LogP contribution < -0.4 is 19.7 Å². The average molecular weight is 525 g/mol. The lowest BCUT2D eigenvalue weighted by atomic mass is 10.0. The van der Waals surface area contributed by atoms with Crippen molar-refractivity contribution in [2.24, 2.45) is 0 Å². The molecule has 1 aliphatic heterocycles. The quantitative estimate of drug-likeness (QED) is 0.322. The van der Waals surface area contributed by atoms with Gasteiger partial charge in [0.15, 0.2) is 0 Å². The van der Waals surface area contributed by atoms with Crippen LogP contribution in [0, 0.1) is 13.8 Å². The van der Waals surface area contributed by atoms with Gasteiger partial charge in [0.1, 0.15) is 23.7 Å². The zero-order valence-electron chi connectivity index (χ0n) is 19.7. The lowest BCUT2D eigenvalue weighted by molar-refractivity contribution is -0.122. The Kier molecular flexibility index (Phi) is 7.33. The summed E-state index contributed by atoms with van der Waals surface area (Å²) in [5, 5.41) is 3.08. The van der Waals surface area contributed by atoms with Crippen molar-refractivity contribution in [3.05, 3.63) is 92.5 Å². The highest BCUT2D eigenvalue weighted by molar-refractivity contribution is 6.42. The predicted molar refractivity (Wildman–Crippen MR) is 139 cm³/mol. The van der Waals surface area contributed by atoms with Gasteiger partial charge in [-0.15, -0.1) is 0 Å². The van der Waals surface area contributed by atoms with Crippen LogP contribution in [0.4, 0.5) is 10.5 Å². The van der Waals surface area contributed by atoms with Crippen LogP contribution in [-0.2, 0) is 16.2 Å². The van der Waals surface area contributed by atoms with Gasteiger partial charge in [-0.1, -0.05) is 41.4 Å². The van der Waals surface area contributed by atoms with Gasteiger partial charge < -0.3 is 9.47 Å². The summed E-state index contributed by atoms with van der Waals surface area (Å²) in [6.07, 6.45) is 1.39. The molecule has 0 aliphatic carbocycles. The van der Waals surface area contributed by atoms with Crippen molar-refractivity contribution in [3.8, 4) is 11.5 Å². The number of carbonyl (C=O) groups is 3. The minimum absolute atomic E-state index is 0.146. The topological polar surface area (TPSA) is 84.9 Å². The number of nitrogens with zero attached hydrogens (tertiary/aromatic N) is 1. The largest absolute Gasteiger partial charge is 0.497 e. The number of rotatable bonds is 6. The monoisotopic (exact) mass is 524 g/mol. The van der Waals surface area contributed by atoms with Gasteiger partial charge in [0.2, 0.25) is 0 Å². The number of methoxy groups -OCH3 is 1. The van der Waals surface area contributed by atoms with Gasteiger partial charge >= 0.3 is 6.03 Å². The van der Waals surface area contributed by atoms with E-state index in [2.05, 4.69) is 5.32 Å². The Morgan fingerprint density at radius 1 is 0.944 bits per heavy atom. The van der Waals surface area contributed by atoms with Crippen LogP contribution in [0.1, 0.15) is 22.3 Å². The predicted octanol–water partition coefficient (Wildman–Crippen LogP) is 5.86. The molecule has 4 amide bonds. The van der Waals surface area contributed by atoms with Gasteiger partial charge in [-0.25, -0.2) is 9.69 Å². The first-order valence-electron chi connectivity index (χ1n) is 10.9. The molecule has 0 atom stereocenters. The molecule has 9 heteroatoms. The highest BCUT2D eigenvalue weighted by Gasteiger charge is 2.37. The van der Waals surface area contributed by atoms with Crippen molar-refractivity contribution in [2.75, 3.05) is 12.0 Å². The highest BCUT2D eigenvalue weighted by Crippen LogP contribution is 2.31. The van der Waals surface area contributed by atoms with E-state index in [1.54, 1.807) is 49.4 Å². The number of amides is 4. The number of ether oxygens (including phenoxy) is 2. The van der Waals surface area contributed by atoms with Gasteiger partial charge in [-0.2, -0.15) is 0 Å². The van der Waals surface area contributed by atoms with Gasteiger partial charge in [0.25, 0.3) is 11.8 Å². The Labute approximate surface area is 218 Å². The molecule has 1 fully saturated rings. The number of urea groups is 1. The maximum Gasteiger partial charge on any atom is 0.335 e. The van der Waals surface area contributed by atoms with Crippen LogP contribution >= 0.6 is 23.2 Å². The van der Waals surface area contributed by atoms with E-state index in [-0.39, 0.29) is 12.2 Å². The Balaban J connectivity index is 1.70. The minimum Gasteiger partial charge on any atom is -0.497 e. The first kappa shape index (κ1) is 25.3. The standard InChI is InChI=1S/C27H22Cl2N2O5/c1-15-4-5-16(2)23(10-15)31-26(33)20(25(32)30-27(31)34)12-18-7-8-19(35-3)13-24(18)36-14-17-6-9-21(28)22(29)11-17/h4-13H,14H2,1-3H3,(H,30,32,34)/b20-12+. The Morgan fingerprint density at radius 2 is 1.72 bits per heavy atom. The summed E-state index contributed by atoms with van der Waals surface area (Å²) in [6, 6.07) is 14.7. The molecule has 1 saturated heterocycles. The Hall–Kier alpha value is -3.81. The van der Waals surface area contributed by atoms with E-state index in [4.69, 9.17) is 32.7 Å². The number of nitrogens with one attached hydrogen (secondary N) is 1. The first-order chi connectivity index (χ1) is 17.2. The number of hydrogen-bond donors (Lipinski definition) is 1. The highest BCUT2D eigenvalue weighted by atomic mass is 35.5. The van der Waals surface area contributed by atoms with Crippen LogP contribution in [0.15, 0.2) is 60.2 Å². The second kappa shape index (κ2) is 10.4. The molecule has 7 nitrogen and oxygen atoms in total. The van der Waals surface area contributed by atoms with Gasteiger partial charge in [-0.3, -0.25) is 14.9 Å². The molecule has 3 aromatic rings. The maximum absolute atomic E-state index is 13.4. The second-order valence-electron chi connectivity index (χ2n) is 8.19. The number of benzene rings is 3. The Morgan fingerprint density at radius 3 is 2.44 bits per heavy atom. The van der Waals surface area contributed by atoms with Crippen molar-refractivity contribution in [1.82, 2.24) is 5.32 Å². The lowest BCUT2D eigenvalue weighted by Crippen LogP contribution is -2.54. The van der Waals surface area contributed by atoms with Crippen molar-refractivity contribution in [3.63, 3.8) is 0 Å². The minimum atomic E-state index is -0.804. The number of carbonyl (C=O) groups excluding carboxylic acids is 3. The molecule has 0 bridgehead atoms. The molecule has 1 heterocycles. The maximum atomic E-state index is 13.4. The summed E-state index contributed by atoms with van der Waals surface area (Å²) in [4.78, 5) is 39.7.